The van der Waals surface area contributed by atoms with E-state index in [0.717, 1.165) is 21.2 Å². The Kier molecular flexibility index (Phi) is 5.22. The molecule has 134 valence electrons. The number of nitrogens with one attached hydrogen (secondary N) is 1. The number of rotatable bonds is 5. The average molecular weight is 363 g/mol. The van der Waals surface area contributed by atoms with Gasteiger partial charge in [-0.25, -0.2) is 9.78 Å². The van der Waals surface area contributed by atoms with Crippen LogP contribution in [-0.4, -0.2) is 58.5 Å². The Labute approximate surface area is 149 Å². The molecular formula is C17H21N3O4S. The maximum absolute atomic E-state index is 12.2. The van der Waals surface area contributed by atoms with Crippen LogP contribution >= 0.6 is 11.3 Å². The minimum absolute atomic E-state index is 0.143. The first kappa shape index (κ1) is 17.7. The van der Waals surface area contributed by atoms with Gasteiger partial charge >= 0.3 is 6.03 Å². The molecule has 0 aliphatic carbocycles. The van der Waals surface area contributed by atoms with Gasteiger partial charge in [0.1, 0.15) is 16.4 Å². The lowest BCUT2D eigenvalue weighted by atomic mass is 10.1. The van der Waals surface area contributed by atoms with Crippen LogP contribution in [0.4, 0.5) is 4.79 Å². The number of nitrogens with zero attached hydrogens (tertiary/aromatic N) is 2. The molecule has 1 aliphatic rings. The van der Waals surface area contributed by atoms with Crippen molar-refractivity contribution >= 4 is 17.4 Å². The largest absolute Gasteiger partial charge is 0.496 e. The summed E-state index contributed by atoms with van der Waals surface area (Å²) in [6.07, 6.45) is 2.12. The van der Waals surface area contributed by atoms with E-state index in [1.807, 2.05) is 24.3 Å². The molecule has 1 atom stereocenters. The molecule has 7 nitrogen and oxygen atoms in total. The molecule has 2 heterocycles. The fourth-order valence-electron chi connectivity index (χ4n) is 2.77. The number of aliphatic hydroxyl groups is 2. The number of benzene rings is 1. The molecule has 3 N–H and O–H groups in total. The minimum Gasteiger partial charge on any atom is -0.496 e. The Hall–Kier alpha value is -2.16. The Morgan fingerprint density at radius 2 is 2.28 bits per heavy atom. The fraction of sp³-hybridized carbons (Fsp3) is 0.412. The standard InChI is InChI=1S/C17H21N3O4S/c1-24-14-5-3-2-4-13(14)15-18-8-12(25-15)9-19-16(22)20-7-6-17(23,10-20)11-21/h2-5,8,21,23H,6-7,9-11H2,1H3,(H,19,22)/t17-/m1/s1. The SMILES string of the molecule is COc1ccccc1-c1ncc(CNC(=O)N2CC[C@](O)(CO)C2)s1. The molecule has 0 bridgehead atoms. The van der Waals surface area contributed by atoms with Crippen molar-refractivity contribution in [1.29, 1.82) is 0 Å². The third kappa shape index (κ3) is 3.92. The third-order valence-electron chi connectivity index (χ3n) is 4.22. The molecule has 0 saturated carbocycles. The summed E-state index contributed by atoms with van der Waals surface area (Å²) in [6.45, 7) is 0.593. The van der Waals surface area contributed by atoms with Gasteiger partial charge in [0.25, 0.3) is 0 Å². The first-order chi connectivity index (χ1) is 12.0. The van der Waals surface area contributed by atoms with E-state index in [9.17, 15) is 9.90 Å². The number of likely N-dealkylation sites (tertiary alicyclic amines) is 1. The van der Waals surface area contributed by atoms with Gasteiger partial charge < -0.3 is 25.2 Å². The van der Waals surface area contributed by atoms with Crippen molar-refractivity contribution in [3.8, 4) is 16.3 Å². The first-order valence-electron chi connectivity index (χ1n) is 7.99. The fourth-order valence-corrected chi connectivity index (χ4v) is 3.65. The monoisotopic (exact) mass is 363 g/mol. The number of ether oxygens (including phenoxy) is 1. The van der Waals surface area contributed by atoms with Crippen LogP contribution in [0, 0.1) is 0 Å². The summed E-state index contributed by atoms with van der Waals surface area (Å²) in [4.78, 5) is 19.0. The van der Waals surface area contributed by atoms with Crippen molar-refractivity contribution in [3.63, 3.8) is 0 Å². The average Bonchev–Trinajstić information content (AvgIpc) is 3.27. The lowest BCUT2D eigenvalue weighted by Gasteiger charge is -2.21. The number of urea groups is 1. The van der Waals surface area contributed by atoms with Gasteiger partial charge in [0.05, 0.1) is 32.4 Å². The van der Waals surface area contributed by atoms with E-state index in [-0.39, 0.29) is 19.2 Å². The van der Waals surface area contributed by atoms with Crippen molar-refractivity contribution in [2.45, 2.75) is 18.6 Å². The second kappa shape index (κ2) is 7.38. The summed E-state index contributed by atoms with van der Waals surface area (Å²) in [7, 11) is 1.62. The Morgan fingerprint density at radius 3 is 3.00 bits per heavy atom. The molecule has 2 aromatic rings. The molecule has 2 amide bonds. The van der Waals surface area contributed by atoms with E-state index in [2.05, 4.69) is 10.3 Å². The van der Waals surface area contributed by atoms with Crippen LogP contribution in [0.1, 0.15) is 11.3 Å². The van der Waals surface area contributed by atoms with Crippen molar-refractivity contribution in [2.24, 2.45) is 0 Å². The lowest BCUT2D eigenvalue weighted by molar-refractivity contribution is -0.00280. The van der Waals surface area contributed by atoms with Gasteiger partial charge in [0.15, 0.2) is 0 Å². The molecule has 3 rings (SSSR count). The van der Waals surface area contributed by atoms with Crippen molar-refractivity contribution in [2.75, 3.05) is 26.8 Å². The van der Waals surface area contributed by atoms with E-state index in [0.29, 0.717) is 19.5 Å². The molecule has 8 heteroatoms. The highest BCUT2D eigenvalue weighted by Crippen LogP contribution is 2.32. The highest BCUT2D eigenvalue weighted by molar-refractivity contribution is 7.15. The van der Waals surface area contributed by atoms with Gasteiger partial charge in [-0.15, -0.1) is 11.3 Å². The second-order valence-electron chi connectivity index (χ2n) is 6.04. The molecule has 25 heavy (non-hydrogen) atoms. The van der Waals surface area contributed by atoms with E-state index >= 15 is 0 Å². The third-order valence-corrected chi connectivity index (χ3v) is 5.25. The topological polar surface area (TPSA) is 94.9 Å². The number of aliphatic hydroxyl groups excluding tert-OH is 1. The van der Waals surface area contributed by atoms with Gasteiger partial charge in [-0.05, 0) is 18.6 Å². The smallest absolute Gasteiger partial charge is 0.317 e. The molecule has 1 aliphatic heterocycles. The Bertz CT molecular complexity index is 751. The maximum atomic E-state index is 12.2. The normalized spacial score (nSPS) is 19.9. The number of carbonyl (C=O) groups is 1. The number of β-amino-alcohol motifs (C(OH)–C–C–N with tert-alkyl or cyclic N) is 1. The minimum atomic E-state index is -1.18. The van der Waals surface area contributed by atoms with Gasteiger partial charge in [0, 0.05) is 17.6 Å². The second-order valence-corrected chi connectivity index (χ2v) is 7.16. The zero-order chi connectivity index (χ0) is 17.9. The molecular weight excluding hydrogens is 342 g/mol. The summed E-state index contributed by atoms with van der Waals surface area (Å²) in [6, 6.07) is 7.40. The van der Waals surface area contributed by atoms with E-state index in [1.165, 1.54) is 16.2 Å². The van der Waals surface area contributed by atoms with Gasteiger partial charge in [-0.3, -0.25) is 0 Å². The lowest BCUT2D eigenvalue weighted by Crippen LogP contribution is -2.42. The molecule has 1 fully saturated rings. The van der Waals surface area contributed by atoms with Gasteiger partial charge in [-0.1, -0.05) is 12.1 Å². The molecule has 0 spiro atoms. The van der Waals surface area contributed by atoms with Crippen LogP contribution in [0.5, 0.6) is 5.75 Å². The number of carbonyl (C=O) groups excluding carboxylic acids is 1. The Morgan fingerprint density at radius 1 is 1.48 bits per heavy atom. The molecule has 0 unspecified atom stereocenters. The summed E-state index contributed by atoms with van der Waals surface area (Å²) in [5, 5.41) is 22.8. The number of methoxy groups -OCH3 is 1. The summed E-state index contributed by atoms with van der Waals surface area (Å²) in [5.41, 5.74) is -0.265. The summed E-state index contributed by atoms with van der Waals surface area (Å²) < 4.78 is 5.35. The maximum Gasteiger partial charge on any atom is 0.317 e. The van der Waals surface area contributed by atoms with Crippen LogP contribution < -0.4 is 10.1 Å². The number of para-hydroxylation sites is 1. The van der Waals surface area contributed by atoms with Crippen LogP contribution in [0.25, 0.3) is 10.6 Å². The quantitative estimate of drug-likeness (QED) is 0.748. The zero-order valence-electron chi connectivity index (χ0n) is 13.9. The Balaban J connectivity index is 1.60. The van der Waals surface area contributed by atoms with Crippen molar-refractivity contribution in [3.05, 3.63) is 35.3 Å². The predicted molar refractivity (Wildman–Crippen MR) is 94.6 cm³/mol. The molecule has 1 aromatic heterocycles. The van der Waals surface area contributed by atoms with Crippen LogP contribution in [-0.2, 0) is 6.54 Å². The van der Waals surface area contributed by atoms with Crippen molar-refractivity contribution < 1.29 is 19.7 Å². The number of amides is 2. The molecule has 1 aromatic carbocycles. The number of thiazole rings is 1. The van der Waals surface area contributed by atoms with Gasteiger partial charge in [-0.2, -0.15) is 0 Å². The van der Waals surface area contributed by atoms with E-state index in [4.69, 9.17) is 9.84 Å². The van der Waals surface area contributed by atoms with Crippen molar-refractivity contribution in [1.82, 2.24) is 15.2 Å². The highest BCUT2D eigenvalue weighted by Gasteiger charge is 2.37. The predicted octanol–water partition coefficient (Wildman–Crippen LogP) is 1.46. The number of hydrogen-bond donors (Lipinski definition) is 3. The molecule has 1 saturated heterocycles. The summed E-state index contributed by atoms with van der Waals surface area (Å²) >= 11 is 1.49. The van der Waals surface area contributed by atoms with Crippen LogP contribution in [0.15, 0.2) is 30.5 Å². The van der Waals surface area contributed by atoms with Crippen LogP contribution in [0.3, 0.4) is 0 Å². The van der Waals surface area contributed by atoms with Gasteiger partial charge in [0.2, 0.25) is 0 Å². The zero-order valence-corrected chi connectivity index (χ0v) is 14.8. The highest BCUT2D eigenvalue weighted by atomic mass is 32.1. The number of hydrogen-bond acceptors (Lipinski definition) is 6. The van der Waals surface area contributed by atoms with E-state index < -0.39 is 5.60 Å². The number of aromatic nitrogens is 1. The molecule has 0 radical (unpaired) electrons. The van der Waals surface area contributed by atoms with Crippen LogP contribution in [0.2, 0.25) is 0 Å². The summed E-state index contributed by atoms with van der Waals surface area (Å²) in [5.74, 6) is 0.757. The van der Waals surface area contributed by atoms with E-state index in [1.54, 1.807) is 13.3 Å². The first-order valence-corrected chi connectivity index (χ1v) is 8.80.